The Balaban J connectivity index is 1.39. The van der Waals surface area contributed by atoms with Gasteiger partial charge in [-0.2, -0.15) is 5.10 Å². The van der Waals surface area contributed by atoms with Gasteiger partial charge in [0.05, 0.1) is 12.2 Å². The number of aromatic nitrogens is 2. The first kappa shape index (κ1) is 18.3. The van der Waals surface area contributed by atoms with Gasteiger partial charge in [0.15, 0.2) is 0 Å². The van der Waals surface area contributed by atoms with E-state index in [0.717, 1.165) is 11.3 Å². The summed E-state index contributed by atoms with van der Waals surface area (Å²) in [5.74, 6) is -1.11. The molecule has 1 heterocycles. The quantitative estimate of drug-likeness (QED) is 0.672. The number of carbonyl (C=O) groups excluding carboxylic acids is 2. The van der Waals surface area contributed by atoms with Crippen LogP contribution in [0.25, 0.3) is 5.69 Å². The van der Waals surface area contributed by atoms with Crippen LogP contribution in [0, 0.1) is 5.82 Å². The van der Waals surface area contributed by atoms with E-state index in [1.54, 1.807) is 10.9 Å². The second-order valence-corrected chi connectivity index (χ2v) is 5.91. The Labute approximate surface area is 156 Å². The molecule has 0 unspecified atom stereocenters. The van der Waals surface area contributed by atoms with Crippen LogP contribution in [-0.4, -0.2) is 34.7 Å². The Hall–Kier alpha value is -3.48. The number of benzene rings is 2. The van der Waals surface area contributed by atoms with Crippen LogP contribution in [-0.2, 0) is 11.2 Å². The van der Waals surface area contributed by atoms with Gasteiger partial charge in [0.2, 0.25) is 5.91 Å². The van der Waals surface area contributed by atoms with Gasteiger partial charge in [0.1, 0.15) is 5.82 Å². The van der Waals surface area contributed by atoms with Crippen LogP contribution in [0.5, 0.6) is 0 Å². The summed E-state index contributed by atoms with van der Waals surface area (Å²) in [5, 5.41) is 9.43. The lowest BCUT2D eigenvalue weighted by molar-refractivity contribution is -0.120. The van der Waals surface area contributed by atoms with E-state index >= 15 is 0 Å². The molecule has 2 amide bonds. The number of hydrogen-bond acceptors (Lipinski definition) is 3. The summed E-state index contributed by atoms with van der Waals surface area (Å²) in [6.07, 6.45) is 4.27. The predicted octanol–water partition coefficient (Wildman–Crippen LogP) is 2.10. The SMILES string of the molecule is O=C(CNC(=O)c1ccc(F)cc1)NCCc1ccc(-n2cccn2)cc1. The van der Waals surface area contributed by atoms with Crippen molar-refractivity contribution in [2.75, 3.05) is 13.1 Å². The maximum absolute atomic E-state index is 12.8. The van der Waals surface area contributed by atoms with E-state index in [9.17, 15) is 14.0 Å². The van der Waals surface area contributed by atoms with Gasteiger partial charge >= 0.3 is 0 Å². The monoisotopic (exact) mass is 366 g/mol. The fraction of sp³-hybridized carbons (Fsp3) is 0.150. The Kier molecular flexibility index (Phi) is 5.94. The fourth-order valence-electron chi connectivity index (χ4n) is 2.51. The molecule has 0 fully saturated rings. The van der Waals surface area contributed by atoms with Gasteiger partial charge in [-0.25, -0.2) is 9.07 Å². The second kappa shape index (κ2) is 8.75. The van der Waals surface area contributed by atoms with Gasteiger partial charge in [0.25, 0.3) is 5.91 Å². The van der Waals surface area contributed by atoms with Crippen molar-refractivity contribution in [1.82, 2.24) is 20.4 Å². The van der Waals surface area contributed by atoms with E-state index in [-0.39, 0.29) is 12.5 Å². The lowest BCUT2D eigenvalue weighted by atomic mass is 10.1. The Morgan fingerprint density at radius 3 is 2.41 bits per heavy atom. The third-order valence-corrected chi connectivity index (χ3v) is 3.96. The maximum atomic E-state index is 12.8. The molecule has 0 radical (unpaired) electrons. The van der Waals surface area contributed by atoms with E-state index in [1.807, 2.05) is 36.5 Å². The molecule has 2 aromatic carbocycles. The third kappa shape index (κ3) is 5.24. The summed E-state index contributed by atoms with van der Waals surface area (Å²) < 4.78 is 14.6. The molecule has 1 aromatic heterocycles. The fourth-order valence-corrected chi connectivity index (χ4v) is 2.51. The molecule has 2 N–H and O–H groups in total. The first-order valence-electron chi connectivity index (χ1n) is 8.51. The van der Waals surface area contributed by atoms with Gasteiger partial charge in [-0.3, -0.25) is 9.59 Å². The van der Waals surface area contributed by atoms with Crippen molar-refractivity contribution in [2.45, 2.75) is 6.42 Å². The van der Waals surface area contributed by atoms with Gasteiger partial charge in [-0.1, -0.05) is 12.1 Å². The molecule has 27 heavy (non-hydrogen) atoms. The van der Waals surface area contributed by atoms with Crippen LogP contribution >= 0.6 is 0 Å². The Morgan fingerprint density at radius 2 is 1.74 bits per heavy atom. The van der Waals surface area contributed by atoms with Crippen LogP contribution in [0.4, 0.5) is 4.39 Å². The molecule has 0 bridgehead atoms. The lowest BCUT2D eigenvalue weighted by Crippen LogP contribution is -2.37. The average Bonchev–Trinajstić information content (AvgIpc) is 3.22. The van der Waals surface area contributed by atoms with E-state index in [2.05, 4.69) is 15.7 Å². The lowest BCUT2D eigenvalue weighted by Gasteiger charge is -2.08. The highest BCUT2D eigenvalue weighted by Crippen LogP contribution is 2.08. The molecule has 0 saturated heterocycles. The van der Waals surface area contributed by atoms with Crippen molar-refractivity contribution in [3.05, 3.63) is 83.9 Å². The zero-order valence-electron chi connectivity index (χ0n) is 14.6. The largest absolute Gasteiger partial charge is 0.354 e. The van der Waals surface area contributed by atoms with Gasteiger partial charge in [-0.05, 0) is 54.4 Å². The highest BCUT2D eigenvalue weighted by Gasteiger charge is 2.08. The molecule has 0 saturated carbocycles. The van der Waals surface area contributed by atoms with Gasteiger partial charge in [-0.15, -0.1) is 0 Å². The summed E-state index contributed by atoms with van der Waals surface area (Å²) in [6, 6.07) is 14.9. The van der Waals surface area contributed by atoms with Crippen LogP contribution in [0.3, 0.4) is 0 Å². The minimum absolute atomic E-state index is 0.131. The molecule has 0 aliphatic carbocycles. The number of rotatable bonds is 7. The third-order valence-electron chi connectivity index (χ3n) is 3.96. The molecular weight excluding hydrogens is 347 g/mol. The topological polar surface area (TPSA) is 76.0 Å². The number of halogens is 1. The molecular formula is C20H19FN4O2. The van der Waals surface area contributed by atoms with Crippen LogP contribution in [0.1, 0.15) is 15.9 Å². The molecule has 138 valence electrons. The highest BCUT2D eigenvalue weighted by atomic mass is 19.1. The van der Waals surface area contributed by atoms with Crippen LogP contribution < -0.4 is 10.6 Å². The smallest absolute Gasteiger partial charge is 0.251 e. The highest BCUT2D eigenvalue weighted by molar-refractivity contribution is 5.96. The zero-order valence-corrected chi connectivity index (χ0v) is 14.6. The first-order valence-corrected chi connectivity index (χ1v) is 8.51. The van der Waals surface area contributed by atoms with Crippen molar-refractivity contribution < 1.29 is 14.0 Å². The van der Waals surface area contributed by atoms with Gasteiger partial charge < -0.3 is 10.6 Å². The minimum atomic E-state index is -0.417. The molecule has 6 nitrogen and oxygen atoms in total. The molecule has 3 rings (SSSR count). The van der Waals surface area contributed by atoms with E-state index in [0.29, 0.717) is 18.5 Å². The van der Waals surface area contributed by atoms with E-state index in [4.69, 9.17) is 0 Å². The minimum Gasteiger partial charge on any atom is -0.354 e. The predicted molar refractivity (Wildman–Crippen MR) is 99.0 cm³/mol. The summed E-state index contributed by atoms with van der Waals surface area (Å²) in [6.45, 7) is 0.334. The van der Waals surface area contributed by atoms with Crippen LogP contribution in [0.15, 0.2) is 67.0 Å². The molecule has 3 aromatic rings. The normalized spacial score (nSPS) is 10.4. The van der Waals surface area contributed by atoms with Crippen molar-refractivity contribution >= 4 is 11.8 Å². The van der Waals surface area contributed by atoms with Crippen molar-refractivity contribution in [3.8, 4) is 5.69 Å². The summed E-state index contributed by atoms with van der Waals surface area (Å²) in [4.78, 5) is 23.7. The summed E-state index contributed by atoms with van der Waals surface area (Å²) >= 11 is 0. The van der Waals surface area contributed by atoms with Crippen molar-refractivity contribution in [3.63, 3.8) is 0 Å². The number of amides is 2. The van der Waals surface area contributed by atoms with E-state index < -0.39 is 11.7 Å². The molecule has 0 spiro atoms. The standard InChI is InChI=1S/C20H19FN4O2/c21-17-6-4-16(5-7-17)20(27)23-14-19(26)22-12-10-15-2-8-18(9-3-15)25-13-1-11-24-25/h1-9,11,13H,10,12,14H2,(H,22,26)(H,23,27). The van der Waals surface area contributed by atoms with Crippen molar-refractivity contribution in [2.24, 2.45) is 0 Å². The zero-order chi connectivity index (χ0) is 19.1. The molecule has 7 heteroatoms. The van der Waals surface area contributed by atoms with E-state index in [1.165, 1.54) is 24.3 Å². The summed E-state index contributed by atoms with van der Waals surface area (Å²) in [7, 11) is 0. The molecule has 0 aliphatic rings. The van der Waals surface area contributed by atoms with Crippen molar-refractivity contribution in [1.29, 1.82) is 0 Å². The number of carbonyl (C=O) groups is 2. The summed E-state index contributed by atoms with van der Waals surface area (Å²) in [5.41, 5.74) is 2.36. The number of hydrogen-bond donors (Lipinski definition) is 2. The van der Waals surface area contributed by atoms with Gasteiger partial charge in [0, 0.05) is 24.5 Å². The second-order valence-electron chi connectivity index (χ2n) is 5.91. The average molecular weight is 366 g/mol. The maximum Gasteiger partial charge on any atom is 0.251 e. The van der Waals surface area contributed by atoms with Crippen LogP contribution in [0.2, 0.25) is 0 Å². The Morgan fingerprint density at radius 1 is 1.00 bits per heavy atom. The Bertz CT molecular complexity index is 891. The first-order chi connectivity index (χ1) is 13.1. The molecule has 0 aliphatic heterocycles. The number of nitrogens with one attached hydrogen (secondary N) is 2. The molecule has 0 atom stereocenters. The number of nitrogens with zero attached hydrogens (tertiary/aromatic N) is 2.